The Morgan fingerprint density at radius 1 is 0.871 bits per heavy atom. The van der Waals surface area contributed by atoms with Crippen LogP contribution >= 0.6 is 0 Å². The maximum Gasteiger partial charge on any atom is 0.188 e. The Balaban J connectivity index is 2.54. The zero-order valence-electron chi connectivity index (χ0n) is 18.5. The van der Waals surface area contributed by atoms with E-state index in [1.165, 1.54) is 0 Å². The fourth-order valence-corrected chi connectivity index (χ4v) is 3.62. The molecule has 2 aromatic carbocycles. The van der Waals surface area contributed by atoms with Crippen LogP contribution in [-0.4, -0.2) is 61.9 Å². The van der Waals surface area contributed by atoms with Crippen LogP contribution in [0.2, 0.25) is 0 Å². The van der Waals surface area contributed by atoms with Crippen molar-refractivity contribution in [3.8, 4) is 22.6 Å². The van der Waals surface area contributed by atoms with Gasteiger partial charge in [0, 0.05) is 32.3 Å². The number of hydrogen-bond acceptors (Lipinski definition) is 7. The lowest BCUT2D eigenvalue weighted by Gasteiger charge is -2.23. The van der Waals surface area contributed by atoms with Crippen LogP contribution in [-0.2, 0) is 22.3 Å². The zero-order chi connectivity index (χ0) is 22.6. The molecule has 7 heteroatoms. The van der Waals surface area contributed by atoms with Gasteiger partial charge in [-0.3, -0.25) is 0 Å². The third-order valence-electron chi connectivity index (χ3n) is 5.04. The summed E-state index contributed by atoms with van der Waals surface area (Å²) in [5.41, 5.74) is 3.93. The van der Waals surface area contributed by atoms with Crippen LogP contribution in [0.25, 0.3) is 11.1 Å². The van der Waals surface area contributed by atoms with Gasteiger partial charge < -0.3 is 34.3 Å². The van der Waals surface area contributed by atoms with E-state index in [0.717, 1.165) is 22.3 Å². The second-order valence-electron chi connectivity index (χ2n) is 7.29. The Morgan fingerprint density at radius 2 is 1.52 bits per heavy atom. The van der Waals surface area contributed by atoms with Gasteiger partial charge in [0.2, 0.25) is 0 Å². The average Bonchev–Trinajstić information content (AvgIpc) is 2.79. The second-order valence-corrected chi connectivity index (χ2v) is 7.29. The predicted molar refractivity (Wildman–Crippen MR) is 118 cm³/mol. The smallest absolute Gasteiger partial charge is 0.188 e. The summed E-state index contributed by atoms with van der Waals surface area (Å²) >= 11 is 0. The van der Waals surface area contributed by atoms with E-state index in [-0.39, 0.29) is 26.6 Å². The van der Waals surface area contributed by atoms with Crippen LogP contribution in [0.1, 0.15) is 30.9 Å². The molecule has 0 aromatic heterocycles. The number of aliphatic hydroxyl groups is 3. The molecular weight excluding hydrogens is 400 g/mol. The van der Waals surface area contributed by atoms with Crippen molar-refractivity contribution in [2.75, 3.05) is 34.4 Å². The van der Waals surface area contributed by atoms with Crippen LogP contribution in [0.5, 0.6) is 11.5 Å². The number of rotatable bonds is 14. The Hall–Kier alpha value is -2.16. The van der Waals surface area contributed by atoms with E-state index in [4.69, 9.17) is 24.1 Å². The summed E-state index contributed by atoms with van der Waals surface area (Å²) in [4.78, 5) is 0. The van der Waals surface area contributed by atoms with Crippen molar-refractivity contribution in [2.45, 2.75) is 44.8 Å². The van der Waals surface area contributed by atoms with Gasteiger partial charge in [-0.25, -0.2) is 0 Å². The highest BCUT2D eigenvalue weighted by Gasteiger charge is 2.22. The molecule has 7 nitrogen and oxygen atoms in total. The van der Waals surface area contributed by atoms with E-state index in [1.807, 2.05) is 36.4 Å². The number of methoxy groups -OCH3 is 2. The van der Waals surface area contributed by atoms with Crippen molar-refractivity contribution >= 4 is 0 Å². The normalized spacial score (nSPS) is 13.1. The van der Waals surface area contributed by atoms with Gasteiger partial charge in [0.25, 0.3) is 0 Å². The molecule has 0 amide bonds. The maximum absolute atomic E-state index is 10.4. The van der Waals surface area contributed by atoms with Gasteiger partial charge in [-0.2, -0.15) is 0 Å². The molecule has 2 unspecified atom stereocenters. The van der Waals surface area contributed by atoms with Crippen molar-refractivity contribution < 1.29 is 34.3 Å². The van der Waals surface area contributed by atoms with E-state index < -0.39 is 12.2 Å². The Kier molecular flexibility index (Phi) is 10.8. The van der Waals surface area contributed by atoms with Crippen LogP contribution < -0.4 is 9.47 Å². The summed E-state index contributed by atoms with van der Waals surface area (Å²) in [5, 5.41) is 29.1. The third-order valence-corrected chi connectivity index (χ3v) is 5.04. The standard InChI is InChI=1S/C24H34O7/c1-4-20-21(11-10-18(26)12-19(27)14-25)24(17-8-6-5-7-9-17)23(31-16-29-3)13-22(20)30-15-28-2/h5-9,13,18-19,25-27H,4,10-12,14-16H2,1-3H3. The molecule has 0 fully saturated rings. The van der Waals surface area contributed by atoms with Gasteiger partial charge in [0.1, 0.15) is 11.5 Å². The minimum absolute atomic E-state index is 0.0831. The molecule has 172 valence electrons. The molecule has 3 N–H and O–H groups in total. The maximum atomic E-state index is 10.4. The van der Waals surface area contributed by atoms with E-state index in [9.17, 15) is 10.2 Å². The van der Waals surface area contributed by atoms with E-state index in [1.54, 1.807) is 14.2 Å². The molecule has 0 aliphatic heterocycles. The van der Waals surface area contributed by atoms with E-state index >= 15 is 0 Å². The lowest BCUT2D eigenvalue weighted by Crippen LogP contribution is -2.21. The minimum Gasteiger partial charge on any atom is -0.467 e. The van der Waals surface area contributed by atoms with E-state index in [2.05, 4.69) is 6.92 Å². The SMILES string of the molecule is CCc1c(OCOC)cc(OCOC)c(-c2ccccc2)c1CCC(O)CC(O)CO. The summed E-state index contributed by atoms with van der Waals surface area (Å²) in [6, 6.07) is 11.8. The molecule has 2 atom stereocenters. The molecule has 31 heavy (non-hydrogen) atoms. The van der Waals surface area contributed by atoms with Crippen molar-refractivity contribution in [3.63, 3.8) is 0 Å². The van der Waals surface area contributed by atoms with Crippen LogP contribution in [0.15, 0.2) is 36.4 Å². The fourth-order valence-electron chi connectivity index (χ4n) is 3.62. The van der Waals surface area contributed by atoms with Crippen molar-refractivity contribution in [1.29, 1.82) is 0 Å². The van der Waals surface area contributed by atoms with Crippen molar-refractivity contribution in [2.24, 2.45) is 0 Å². The highest BCUT2D eigenvalue weighted by atomic mass is 16.7. The van der Waals surface area contributed by atoms with Crippen LogP contribution in [0, 0.1) is 0 Å². The monoisotopic (exact) mass is 434 g/mol. The topological polar surface area (TPSA) is 97.6 Å². The molecule has 0 saturated carbocycles. The highest BCUT2D eigenvalue weighted by Crippen LogP contribution is 2.42. The first-order valence-corrected chi connectivity index (χ1v) is 10.5. The number of ether oxygens (including phenoxy) is 4. The van der Waals surface area contributed by atoms with Gasteiger partial charge in [0.05, 0.1) is 18.8 Å². The lowest BCUT2D eigenvalue weighted by molar-refractivity contribution is 0.0387. The molecule has 0 saturated heterocycles. The van der Waals surface area contributed by atoms with Gasteiger partial charge >= 0.3 is 0 Å². The molecular formula is C24H34O7. The summed E-state index contributed by atoms with van der Waals surface area (Å²) in [5.74, 6) is 1.28. The van der Waals surface area contributed by atoms with Crippen molar-refractivity contribution in [3.05, 3.63) is 47.5 Å². The van der Waals surface area contributed by atoms with Crippen LogP contribution in [0.4, 0.5) is 0 Å². The first-order chi connectivity index (χ1) is 15.0. The first kappa shape index (κ1) is 25.1. The molecule has 2 rings (SSSR count). The quantitative estimate of drug-likeness (QED) is 0.393. The zero-order valence-corrected chi connectivity index (χ0v) is 18.5. The van der Waals surface area contributed by atoms with Crippen molar-refractivity contribution in [1.82, 2.24) is 0 Å². The molecule has 2 aromatic rings. The summed E-state index contributed by atoms with van der Waals surface area (Å²) in [6.45, 7) is 1.86. The highest BCUT2D eigenvalue weighted by molar-refractivity contribution is 5.77. The molecule has 0 bridgehead atoms. The Bertz CT molecular complexity index is 779. The van der Waals surface area contributed by atoms with Gasteiger partial charge in [0.15, 0.2) is 13.6 Å². The summed E-state index contributed by atoms with van der Waals surface area (Å²) < 4.78 is 22.0. The molecule has 0 aliphatic rings. The average molecular weight is 435 g/mol. The van der Waals surface area contributed by atoms with Gasteiger partial charge in [-0.15, -0.1) is 0 Å². The summed E-state index contributed by atoms with van der Waals surface area (Å²) in [6.07, 6.45) is 0.106. The second kappa shape index (κ2) is 13.3. The largest absolute Gasteiger partial charge is 0.467 e. The fraction of sp³-hybridized carbons (Fsp3) is 0.500. The molecule has 0 aliphatic carbocycles. The van der Waals surface area contributed by atoms with E-state index in [0.29, 0.717) is 30.8 Å². The number of benzene rings is 2. The first-order valence-electron chi connectivity index (χ1n) is 10.5. The number of hydrogen-bond donors (Lipinski definition) is 3. The predicted octanol–water partition coefficient (Wildman–Crippen LogP) is 2.92. The van der Waals surface area contributed by atoms with Gasteiger partial charge in [-0.05, 0) is 36.0 Å². The molecule has 0 radical (unpaired) electrons. The van der Waals surface area contributed by atoms with Crippen LogP contribution in [0.3, 0.4) is 0 Å². The van der Waals surface area contributed by atoms with Gasteiger partial charge in [-0.1, -0.05) is 37.3 Å². The third kappa shape index (κ3) is 7.19. The Morgan fingerprint density at radius 3 is 2.10 bits per heavy atom. The molecule has 0 spiro atoms. The Labute approximate surface area is 184 Å². The summed E-state index contributed by atoms with van der Waals surface area (Å²) in [7, 11) is 3.13. The number of aliphatic hydroxyl groups excluding tert-OH is 3. The minimum atomic E-state index is -0.939. The molecule has 0 heterocycles. The lowest BCUT2D eigenvalue weighted by atomic mass is 9.88.